The van der Waals surface area contributed by atoms with Gasteiger partial charge in [-0.2, -0.15) is 0 Å². The monoisotopic (exact) mass is 404 g/mol. The summed E-state index contributed by atoms with van der Waals surface area (Å²) >= 11 is 0. The van der Waals surface area contributed by atoms with Crippen molar-refractivity contribution in [1.82, 2.24) is 0 Å². The molecular weight excluding hydrogens is 380 g/mol. The number of carbonyl (C=O) groups excluding carboxylic acids is 3. The first-order chi connectivity index (χ1) is 14.4. The van der Waals surface area contributed by atoms with Crippen molar-refractivity contribution in [2.45, 2.75) is 32.8 Å². The lowest BCUT2D eigenvalue weighted by Gasteiger charge is -2.23. The number of hydrogen-bond donors (Lipinski definition) is 2. The van der Waals surface area contributed by atoms with Crippen LogP contribution in [0.4, 0.5) is 11.4 Å². The predicted molar refractivity (Wildman–Crippen MR) is 112 cm³/mol. The molecule has 5 atom stereocenters. The van der Waals surface area contributed by atoms with E-state index in [-0.39, 0.29) is 47.6 Å². The van der Waals surface area contributed by atoms with Crippen molar-refractivity contribution < 1.29 is 19.1 Å². The van der Waals surface area contributed by atoms with Crippen molar-refractivity contribution in [3.05, 3.63) is 59.2 Å². The number of ether oxygens (including phenoxy) is 1. The summed E-state index contributed by atoms with van der Waals surface area (Å²) < 4.78 is 5.42. The summed E-state index contributed by atoms with van der Waals surface area (Å²) in [4.78, 5) is 37.8. The zero-order chi connectivity index (χ0) is 21.0. The third-order valence-corrected chi connectivity index (χ3v) is 6.81. The molecule has 2 aromatic carbocycles. The Morgan fingerprint density at radius 3 is 2.67 bits per heavy atom. The summed E-state index contributed by atoms with van der Waals surface area (Å²) in [5.41, 5.74) is 3.90. The summed E-state index contributed by atoms with van der Waals surface area (Å²) in [7, 11) is 0. The van der Waals surface area contributed by atoms with E-state index in [2.05, 4.69) is 10.6 Å². The Morgan fingerprint density at radius 2 is 1.87 bits per heavy atom. The molecule has 154 valence electrons. The highest BCUT2D eigenvalue weighted by Gasteiger charge is 2.63. The van der Waals surface area contributed by atoms with E-state index < -0.39 is 0 Å². The second kappa shape index (κ2) is 6.97. The molecule has 0 aromatic heterocycles. The number of amides is 2. The molecule has 0 spiro atoms. The molecule has 3 fully saturated rings. The van der Waals surface area contributed by atoms with Crippen LogP contribution in [0, 0.1) is 37.5 Å². The highest BCUT2D eigenvalue weighted by molar-refractivity contribution is 6.06. The minimum absolute atomic E-state index is 0.00815. The zero-order valence-electron chi connectivity index (χ0n) is 17.0. The summed E-state index contributed by atoms with van der Waals surface area (Å²) in [6, 6.07) is 12.7. The van der Waals surface area contributed by atoms with E-state index in [0.717, 1.165) is 29.7 Å². The van der Waals surface area contributed by atoms with Crippen LogP contribution < -0.4 is 10.6 Å². The van der Waals surface area contributed by atoms with E-state index in [1.807, 2.05) is 32.0 Å². The van der Waals surface area contributed by atoms with Crippen molar-refractivity contribution in [1.29, 1.82) is 0 Å². The van der Waals surface area contributed by atoms with Crippen LogP contribution in [0.25, 0.3) is 0 Å². The molecule has 5 rings (SSSR count). The lowest BCUT2D eigenvalue weighted by atomic mass is 9.79. The van der Waals surface area contributed by atoms with Crippen LogP contribution in [0.15, 0.2) is 42.5 Å². The molecule has 1 heterocycles. The Kier molecular flexibility index (Phi) is 4.38. The molecule has 2 aromatic rings. The topological polar surface area (TPSA) is 84.5 Å². The van der Waals surface area contributed by atoms with Crippen LogP contribution in [0.1, 0.15) is 34.3 Å². The fraction of sp³-hybridized carbons (Fsp3) is 0.375. The van der Waals surface area contributed by atoms with Gasteiger partial charge in [-0.15, -0.1) is 0 Å². The second-order valence-corrected chi connectivity index (χ2v) is 8.76. The van der Waals surface area contributed by atoms with Crippen LogP contribution in [0.3, 0.4) is 0 Å². The minimum Gasteiger partial charge on any atom is -0.462 e. The van der Waals surface area contributed by atoms with Gasteiger partial charge in [0.05, 0.1) is 11.8 Å². The van der Waals surface area contributed by atoms with Gasteiger partial charge >= 0.3 is 5.97 Å². The van der Waals surface area contributed by atoms with E-state index in [0.29, 0.717) is 11.3 Å². The fourth-order valence-electron chi connectivity index (χ4n) is 5.48. The van der Waals surface area contributed by atoms with Gasteiger partial charge in [0.15, 0.2) is 0 Å². The van der Waals surface area contributed by atoms with Gasteiger partial charge in [-0.3, -0.25) is 14.4 Å². The maximum atomic E-state index is 13.0. The third-order valence-electron chi connectivity index (χ3n) is 6.81. The van der Waals surface area contributed by atoms with Gasteiger partial charge in [-0.1, -0.05) is 23.8 Å². The number of carbonyl (C=O) groups is 3. The standard InChI is InChI=1S/C24H24N2O4/c1-12-6-7-18(13(2)8-12)26-22(27)14-4-3-5-16(9-14)25-23(28)20-15-10-17-19(11-15)30-24(29)21(17)20/h3-9,15,17,19-21H,10-11H2,1-2H3,(H,25,28)(H,26,27)/t15-,17+,19+,20-,21+/m1/s1. The Bertz CT molecular complexity index is 1060. The molecule has 1 aliphatic heterocycles. The summed E-state index contributed by atoms with van der Waals surface area (Å²) in [6.45, 7) is 3.96. The molecule has 2 aliphatic carbocycles. The molecule has 2 N–H and O–H groups in total. The maximum absolute atomic E-state index is 13.0. The van der Waals surface area contributed by atoms with Crippen LogP contribution in [0.2, 0.25) is 0 Å². The van der Waals surface area contributed by atoms with Gasteiger partial charge < -0.3 is 15.4 Å². The molecule has 2 amide bonds. The van der Waals surface area contributed by atoms with Crippen molar-refractivity contribution in [2.24, 2.45) is 23.7 Å². The largest absolute Gasteiger partial charge is 0.462 e. The first-order valence-corrected chi connectivity index (χ1v) is 10.4. The normalized spacial score (nSPS) is 28.3. The Balaban J connectivity index is 1.30. The first-order valence-electron chi connectivity index (χ1n) is 10.4. The summed E-state index contributed by atoms with van der Waals surface area (Å²) in [5.74, 6) is -0.886. The molecule has 30 heavy (non-hydrogen) atoms. The van der Waals surface area contributed by atoms with Crippen molar-refractivity contribution in [3.63, 3.8) is 0 Å². The summed E-state index contributed by atoms with van der Waals surface area (Å²) in [6.07, 6.45) is 1.68. The molecule has 2 bridgehead atoms. The fourth-order valence-corrected chi connectivity index (χ4v) is 5.48. The maximum Gasteiger partial charge on any atom is 0.310 e. The average Bonchev–Trinajstić information content (AvgIpc) is 3.33. The van der Waals surface area contributed by atoms with E-state index >= 15 is 0 Å². The molecule has 3 aliphatic rings. The molecule has 0 unspecified atom stereocenters. The average molecular weight is 404 g/mol. The zero-order valence-corrected chi connectivity index (χ0v) is 17.0. The smallest absolute Gasteiger partial charge is 0.310 e. The van der Waals surface area contributed by atoms with Crippen LogP contribution in [-0.2, 0) is 14.3 Å². The van der Waals surface area contributed by atoms with Crippen LogP contribution in [0.5, 0.6) is 0 Å². The number of benzene rings is 2. The number of fused-ring (bicyclic) bond motifs is 1. The van der Waals surface area contributed by atoms with Gasteiger partial charge in [0.1, 0.15) is 6.10 Å². The van der Waals surface area contributed by atoms with E-state index in [1.165, 1.54) is 0 Å². The summed E-state index contributed by atoms with van der Waals surface area (Å²) in [5, 5.41) is 5.85. The Labute approximate surface area is 175 Å². The van der Waals surface area contributed by atoms with Gasteiger partial charge in [-0.05, 0) is 62.4 Å². The van der Waals surface area contributed by atoms with Crippen molar-refractivity contribution in [3.8, 4) is 0 Å². The number of hydrogen-bond acceptors (Lipinski definition) is 4. The van der Waals surface area contributed by atoms with Gasteiger partial charge in [0, 0.05) is 22.9 Å². The van der Waals surface area contributed by atoms with Crippen LogP contribution >= 0.6 is 0 Å². The Hall–Kier alpha value is -3.15. The van der Waals surface area contributed by atoms with Crippen LogP contribution in [-0.4, -0.2) is 23.9 Å². The third kappa shape index (κ3) is 3.07. The second-order valence-electron chi connectivity index (χ2n) is 8.76. The lowest BCUT2D eigenvalue weighted by molar-refractivity contribution is -0.145. The SMILES string of the molecule is Cc1ccc(NC(=O)c2cccc(NC(=O)[C@@H]3[C@@H]4C[C@@H]5[C@@H]3C(=O)O[C@H]5C4)c2)c(C)c1. The molecule has 2 saturated carbocycles. The molecule has 6 heteroatoms. The van der Waals surface area contributed by atoms with E-state index in [4.69, 9.17) is 4.74 Å². The molecule has 1 saturated heterocycles. The quantitative estimate of drug-likeness (QED) is 0.761. The lowest BCUT2D eigenvalue weighted by Crippen LogP contribution is -2.35. The predicted octanol–water partition coefficient (Wildman–Crippen LogP) is 3.69. The number of aryl methyl sites for hydroxylation is 2. The number of anilines is 2. The minimum atomic E-state index is -0.339. The highest BCUT2D eigenvalue weighted by Crippen LogP contribution is 2.57. The molecule has 6 nitrogen and oxygen atoms in total. The first kappa shape index (κ1) is 18.9. The number of nitrogens with one attached hydrogen (secondary N) is 2. The van der Waals surface area contributed by atoms with Gasteiger partial charge in [0.25, 0.3) is 5.91 Å². The van der Waals surface area contributed by atoms with Crippen molar-refractivity contribution >= 4 is 29.2 Å². The van der Waals surface area contributed by atoms with Gasteiger partial charge in [0.2, 0.25) is 5.91 Å². The Morgan fingerprint density at radius 1 is 1.03 bits per heavy atom. The number of rotatable bonds is 4. The highest BCUT2D eigenvalue weighted by atomic mass is 16.6. The molecule has 0 radical (unpaired) electrons. The number of esters is 1. The van der Waals surface area contributed by atoms with E-state index in [1.54, 1.807) is 24.3 Å². The van der Waals surface area contributed by atoms with E-state index in [9.17, 15) is 14.4 Å². The van der Waals surface area contributed by atoms with Crippen molar-refractivity contribution in [2.75, 3.05) is 10.6 Å². The van der Waals surface area contributed by atoms with Gasteiger partial charge in [-0.25, -0.2) is 0 Å². The molecular formula is C24H24N2O4.